The van der Waals surface area contributed by atoms with E-state index in [4.69, 9.17) is 5.73 Å². The van der Waals surface area contributed by atoms with E-state index in [-0.39, 0.29) is 11.9 Å². The van der Waals surface area contributed by atoms with E-state index in [1.165, 1.54) is 5.56 Å². The van der Waals surface area contributed by atoms with Gasteiger partial charge in [-0.25, -0.2) is 4.39 Å². The Labute approximate surface area is 90.5 Å². The molecule has 1 aliphatic rings. The van der Waals surface area contributed by atoms with E-state index in [0.29, 0.717) is 5.92 Å². The van der Waals surface area contributed by atoms with Crippen molar-refractivity contribution >= 4 is 0 Å². The molecule has 0 spiro atoms. The summed E-state index contributed by atoms with van der Waals surface area (Å²) in [5.41, 5.74) is 7.92. The second-order valence-electron chi connectivity index (χ2n) is 4.70. The van der Waals surface area contributed by atoms with Gasteiger partial charge in [-0.05, 0) is 55.7 Å². The van der Waals surface area contributed by atoms with Crippen molar-refractivity contribution in [3.8, 4) is 0 Å². The van der Waals surface area contributed by atoms with Crippen molar-refractivity contribution < 1.29 is 4.39 Å². The van der Waals surface area contributed by atoms with Gasteiger partial charge in [0.15, 0.2) is 0 Å². The number of benzene rings is 1. The molecule has 0 aromatic heterocycles. The summed E-state index contributed by atoms with van der Waals surface area (Å²) in [7, 11) is 0. The number of halogens is 1. The fourth-order valence-corrected chi connectivity index (χ4v) is 2.56. The second kappa shape index (κ2) is 4.31. The van der Waals surface area contributed by atoms with Gasteiger partial charge in [-0.3, -0.25) is 0 Å². The summed E-state index contributed by atoms with van der Waals surface area (Å²) in [6.07, 6.45) is 4.00. The van der Waals surface area contributed by atoms with Crippen LogP contribution in [0.3, 0.4) is 0 Å². The van der Waals surface area contributed by atoms with Crippen LogP contribution in [0.5, 0.6) is 0 Å². The van der Waals surface area contributed by atoms with Gasteiger partial charge in [0.2, 0.25) is 0 Å². The zero-order valence-electron chi connectivity index (χ0n) is 9.17. The molecule has 1 nitrogen and oxygen atoms in total. The summed E-state index contributed by atoms with van der Waals surface area (Å²) in [6.45, 7) is 2.04. The Bertz CT molecular complexity index is 346. The van der Waals surface area contributed by atoms with Gasteiger partial charge in [0.05, 0.1) is 0 Å². The third kappa shape index (κ3) is 2.37. The Morgan fingerprint density at radius 3 is 3.07 bits per heavy atom. The molecule has 2 heteroatoms. The molecule has 2 unspecified atom stereocenters. The quantitative estimate of drug-likeness (QED) is 0.792. The summed E-state index contributed by atoms with van der Waals surface area (Å²) in [4.78, 5) is 0. The van der Waals surface area contributed by atoms with Gasteiger partial charge in [-0.1, -0.05) is 12.1 Å². The predicted octanol–water partition coefficient (Wildman–Crippen LogP) is 2.67. The summed E-state index contributed by atoms with van der Waals surface area (Å²) in [6, 6.07) is 5.67. The molecule has 0 fully saturated rings. The van der Waals surface area contributed by atoms with Crippen LogP contribution >= 0.6 is 0 Å². The van der Waals surface area contributed by atoms with E-state index in [0.717, 1.165) is 31.2 Å². The highest BCUT2D eigenvalue weighted by Crippen LogP contribution is 2.29. The second-order valence-corrected chi connectivity index (χ2v) is 4.70. The Balaban J connectivity index is 2.13. The van der Waals surface area contributed by atoms with Crippen molar-refractivity contribution in [2.45, 2.75) is 38.6 Å². The smallest absolute Gasteiger partial charge is 0.126 e. The maximum Gasteiger partial charge on any atom is 0.126 e. The lowest BCUT2D eigenvalue weighted by Gasteiger charge is -2.26. The highest BCUT2D eigenvalue weighted by Gasteiger charge is 2.21. The van der Waals surface area contributed by atoms with Gasteiger partial charge in [0.1, 0.15) is 5.82 Å². The van der Waals surface area contributed by atoms with Crippen LogP contribution in [0, 0.1) is 11.7 Å². The SMILES string of the molecule is CC(N)CC1CCc2c(F)cccc2C1. The van der Waals surface area contributed by atoms with Gasteiger partial charge >= 0.3 is 0 Å². The van der Waals surface area contributed by atoms with Crippen molar-refractivity contribution in [1.29, 1.82) is 0 Å². The van der Waals surface area contributed by atoms with Gasteiger partial charge in [-0.15, -0.1) is 0 Å². The minimum Gasteiger partial charge on any atom is -0.328 e. The zero-order chi connectivity index (χ0) is 10.8. The molecule has 0 bridgehead atoms. The molecule has 1 aromatic carbocycles. The Morgan fingerprint density at radius 1 is 1.53 bits per heavy atom. The van der Waals surface area contributed by atoms with Crippen LogP contribution in [0.4, 0.5) is 4.39 Å². The van der Waals surface area contributed by atoms with E-state index in [9.17, 15) is 4.39 Å². The number of hydrogen-bond acceptors (Lipinski definition) is 1. The average Bonchev–Trinajstić information content (AvgIpc) is 2.17. The first kappa shape index (κ1) is 10.6. The molecular weight excluding hydrogens is 189 g/mol. The predicted molar refractivity (Wildman–Crippen MR) is 60.2 cm³/mol. The number of fused-ring (bicyclic) bond motifs is 1. The van der Waals surface area contributed by atoms with Crippen LogP contribution in [0.25, 0.3) is 0 Å². The Kier molecular flexibility index (Phi) is 3.06. The van der Waals surface area contributed by atoms with E-state index in [2.05, 4.69) is 0 Å². The summed E-state index contributed by atoms with van der Waals surface area (Å²) in [5, 5.41) is 0. The average molecular weight is 207 g/mol. The van der Waals surface area contributed by atoms with Crippen LogP contribution in [-0.4, -0.2) is 6.04 Å². The van der Waals surface area contributed by atoms with Crippen molar-refractivity contribution in [3.05, 3.63) is 35.1 Å². The first-order chi connectivity index (χ1) is 7.16. The molecule has 2 N–H and O–H groups in total. The largest absolute Gasteiger partial charge is 0.328 e. The van der Waals surface area contributed by atoms with Crippen molar-refractivity contribution in [2.75, 3.05) is 0 Å². The molecule has 1 aliphatic carbocycles. The standard InChI is InChI=1S/C13H18FN/c1-9(15)7-10-5-6-12-11(8-10)3-2-4-13(12)14/h2-4,9-10H,5-8,15H2,1H3. The summed E-state index contributed by atoms with van der Waals surface area (Å²) in [5.74, 6) is 0.603. The molecule has 0 radical (unpaired) electrons. The molecule has 0 saturated carbocycles. The minimum absolute atomic E-state index is 0.0354. The van der Waals surface area contributed by atoms with Crippen molar-refractivity contribution in [3.63, 3.8) is 0 Å². The summed E-state index contributed by atoms with van der Waals surface area (Å²) < 4.78 is 13.4. The molecule has 15 heavy (non-hydrogen) atoms. The molecule has 0 saturated heterocycles. The van der Waals surface area contributed by atoms with Gasteiger partial charge in [0, 0.05) is 6.04 Å². The van der Waals surface area contributed by atoms with Crippen molar-refractivity contribution in [1.82, 2.24) is 0 Å². The van der Waals surface area contributed by atoms with E-state index < -0.39 is 0 Å². The molecule has 2 rings (SSSR count). The van der Waals surface area contributed by atoms with Gasteiger partial charge in [-0.2, -0.15) is 0 Å². The lowest BCUT2D eigenvalue weighted by Crippen LogP contribution is -2.24. The van der Waals surface area contributed by atoms with E-state index in [1.54, 1.807) is 6.07 Å². The van der Waals surface area contributed by atoms with E-state index in [1.807, 2.05) is 19.1 Å². The zero-order valence-corrected chi connectivity index (χ0v) is 9.17. The maximum absolute atomic E-state index is 13.4. The third-order valence-electron chi connectivity index (χ3n) is 3.23. The topological polar surface area (TPSA) is 26.0 Å². The normalized spacial score (nSPS) is 22.2. The van der Waals surface area contributed by atoms with Gasteiger partial charge in [0.25, 0.3) is 0 Å². The first-order valence-electron chi connectivity index (χ1n) is 5.68. The van der Waals surface area contributed by atoms with Gasteiger partial charge < -0.3 is 5.73 Å². The Hall–Kier alpha value is -0.890. The lowest BCUT2D eigenvalue weighted by atomic mass is 9.81. The van der Waals surface area contributed by atoms with E-state index >= 15 is 0 Å². The summed E-state index contributed by atoms with van der Waals surface area (Å²) >= 11 is 0. The molecule has 1 aromatic rings. The Morgan fingerprint density at radius 2 is 2.33 bits per heavy atom. The van der Waals surface area contributed by atoms with Crippen LogP contribution in [0.1, 0.15) is 30.9 Å². The van der Waals surface area contributed by atoms with Crippen LogP contribution in [-0.2, 0) is 12.8 Å². The molecule has 0 amide bonds. The van der Waals surface area contributed by atoms with Crippen LogP contribution in [0.2, 0.25) is 0 Å². The number of rotatable bonds is 2. The number of nitrogens with two attached hydrogens (primary N) is 1. The minimum atomic E-state index is -0.0354. The van der Waals surface area contributed by atoms with Crippen LogP contribution < -0.4 is 5.73 Å². The third-order valence-corrected chi connectivity index (χ3v) is 3.23. The fraction of sp³-hybridized carbons (Fsp3) is 0.538. The molecule has 82 valence electrons. The molecule has 0 heterocycles. The molecule has 0 aliphatic heterocycles. The monoisotopic (exact) mass is 207 g/mol. The number of hydrogen-bond donors (Lipinski definition) is 1. The highest BCUT2D eigenvalue weighted by molar-refractivity contribution is 5.31. The van der Waals surface area contributed by atoms with Crippen molar-refractivity contribution in [2.24, 2.45) is 11.7 Å². The highest BCUT2D eigenvalue weighted by atomic mass is 19.1. The molecule has 2 atom stereocenters. The fourth-order valence-electron chi connectivity index (χ4n) is 2.56. The first-order valence-corrected chi connectivity index (χ1v) is 5.68. The lowest BCUT2D eigenvalue weighted by molar-refractivity contribution is 0.392. The van der Waals surface area contributed by atoms with Crippen LogP contribution in [0.15, 0.2) is 18.2 Å². The molecular formula is C13H18FN. The maximum atomic E-state index is 13.4.